The molecule has 4 rings (SSSR count). The van der Waals surface area contributed by atoms with E-state index in [0.717, 1.165) is 54.3 Å². The van der Waals surface area contributed by atoms with Crippen LogP contribution in [0.3, 0.4) is 0 Å². The summed E-state index contributed by atoms with van der Waals surface area (Å²) in [4.78, 5) is 8.07. The lowest BCUT2D eigenvalue weighted by Gasteiger charge is -2.28. The van der Waals surface area contributed by atoms with Crippen LogP contribution in [-0.4, -0.2) is 41.2 Å². The van der Waals surface area contributed by atoms with Gasteiger partial charge >= 0.3 is 0 Å². The van der Waals surface area contributed by atoms with Gasteiger partial charge in [-0.1, -0.05) is 55.7 Å². The second-order valence-corrected chi connectivity index (χ2v) is 8.67. The van der Waals surface area contributed by atoms with E-state index in [1.807, 2.05) is 0 Å². The van der Waals surface area contributed by atoms with E-state index in [1.54, 1.807) is 11.3 Å². The molecule has 3 nitrogen and oxygen atoms in total. The average Bonchev–Trinajstić information content (AvgIpc) is 3.18. The number of thiocarbonyl (C=S) groups is 1. The lowest BCUT2D eigenvalue weighted by Crippen LogP contribution is -2.40. The fourth-order valence-electron chi connectivity index (χ4n) is 3.94. The Balaban J connectivity index is 1.40. The van der Waals surface area contributed by atoms with Crippen molar-refractivity contribution in [3.8, 4) is 11.3 Å². The van der Waals surface area contributed by atoms with Crippen molar-refractivity contribution in [2.75, 3.05) is 26.3 Å². The summed E-state index contributed by atoms with van der Waals surface area (Å²) < 4.78 is 5.40. The Morgan fingerprint density at radius 1 is 1.12 bits per heavy atom. The van der Waals surface area contributed by atoms with Crippen molar-refractivity contribution in [3.05, 3.63) is 40.2 Å². The fourth-order valence-corrected chi connectivity index (χ4v) is 5.16. The van der Waals surface area contributed by atoms with E-state index < -0.39 is 0 Å². The second kappa shape index (κ2) is 8.59. The summed E-state index contributed by atoms with van der Waals surface area (Å²) in [6.45, 7) is 3.35. The fraction of sp³-hybridized carbons (Fsp3) is 0.524. The summed E-state index contributed by atoms with van der Waals surface area (Å²) >= 11 is 7.32. The van der Waals surface area contributed by atoms with E-state index in [1.165, 1.54) is 43.2 Å². The molecule has 26 heavy (non-hydrogen) atoms. The van der Waals surface area contributed by atoms with E-state index in [0.29, 0.717) is 0 Å². The molecule has 0 bridgehead atoms. The monoisotopic (exact) mass is 386 g/mol. The van der Waals surface area contributed by atoms with Crippen LogP contribution < -0.4 is 0 Å². The molecule has 2 aliphatic rings. The van der Waals surface area contributed by atoms with Crippen LogP contribution in [0, 0.1) is 0 Å². The Morgan fingerprint density at radius 2 is 1.85 bits per heavy atom. The van der Waals surface area contributed by atoms with Gasteiger partial charge < -0.3 is 9.64 Å². The molecule has 5 heteroatoms. The van der Waals surface area contributed by atoms with Crippen molar-refractivity contribution in [1.82, 2.24) is 9.88 Å². The van der Waals surface area contributed by atoms with Crippen LogP contribution in [0.5, 0.6) is 0 Å². The minimum absolute atomic E-state index is 0.759. The molecule has 1 aliphatic heterocycles. The van der Waals surface area contributed by atoms with Gasteiger partial charge in [-0.3, -0.25) is 0 Å². The maximum atomic E-state index is 5.61. The Kier molecular flexibility index (Phi) is 5.98. The molecular weight excluding hydrogens is 360 g/mol. The van der Waals surface area contributed by atoms with Crippen LogP contribution in [0.1, 0.15) is 48.6 Å². The highest BCUT2D eigenvalue weighted by atomic mass is 32.1. The summed E-state index contributed by atoms with van der Waals surface area (Å²) in [7, 11) is 0. The number of hydrogen-bond donors (Lipinski definition) is 0. The standard InChI is InChI=1S/C21H26N2OS2/c25-21(23-10-12-24-13-11-23)14-20-22-19(15-26-20)18-8-6-17(7-9-18)16-4-2-1-3-5-16/h6-9,15-16H,1-5,10-14H2. The highest BCUT2D eigenvalue weighted by Crippen LogP contribution is 2.33. The van der Waals surface area contributed by atoms with Crippen LogP contribution in [0.2, 0.25) is 0 Å². The molecule has 2 heterocycles. The Hall–Kier alpha value is -1.30. The van der Waals surface area contributed by atoms with E-state index in [-0.39, 0.29) is 0 Å². The van der Waals surface area contributed by atoms with Gasteiger partial charge in [-0.15, -0.1) is 11.3 Å². The first-order valence-electron chi connectivity index (χ1n) is 9.70. The van der Waals surface area contributed by atoms with Crippen molar-refractivity contribution in [2.45, 2.75) is 44.4 Å². The van der Waals surface area contributed by atoms with E-state index in [2.05, 4.69) is 34.5 Å². The van der Waals surface area contributed by atoms with Crippen molar-refractivity contribution in [3.63, 3.8) is 0 Å². The lowest BCUT2D eigenvalue weighted by atomic mass is 9.84. The molecule has 1 saturated heterocycles. The molecule has 0 unspecified atom stereocenters. The number of hydrogen-bond acceptors (Lipinski definition) is 4. The molecule has 2 aromatic rings. The molecule has 1 aromatic carbocycles. The number of thiazole rings is 1. The van der Waals surface area contributed by atoms with Crippen molar-refractivity contribution < 1.29 is 4.74 Å². The summed E-state index contributed by atoms with van der Waals surface area (Å²) in [6, 6.07) is 9.09. The SMILES string of the molecule is S=C(Cc1nc(-c2ccc(C3CCCCC3)cc2)cs1)N1CCOCC1. The highest BCUT2D eigenvalue weighted by molar-refractivity contribution is 7.80. The van der Waals surface area contributed by atoms with E-state index in [4.69, 9.17) is 21.9 Å². The molecule has 0 radical (unpaired) electrons. The Morgan fingerprint density at radius 3 is 2.58 bits per heavy atom. The quantitative estimate of drug-likeness (QED) is 0.686. The lowest BCUT2D eigenvalue weighted by molar-refractivity contribution is 0.0684. The second-order valence-electron chi connectivity index (χ2n) is 7.25. The Bertz CT molecular complexity index is 729. The normalized spacial score (nSPS) is 18.8. The zero-order valence-corrected chi connectivity index (χ0v) is 16.8. The molecule has 1 saturated carbocycles. The van der Waals surface area contributed by atoms with Crippen LogP contribution in [-0.2, 0) is 11.2 Å². The van der Waals surface area contributed by atoms with Gasteiger partial charge in [-0.2, -0.15) is 0 Å². The largest absolute Gasteiger partial charge is 0.378 e. The van der Waals surface area contributed by atoms with Gasteiger partial charge in [0.2, 0.25) is 0 Å². The average molecular weight is 387 g/mol. The van der Waals surface area contributed by atoms with Crippen LogP contribution >= 0.6 is 23.6 Å². The first kappa shape index (κ1) is 18.1. The minimum Gasteiger partial charge on any atom is -0.378 e. The van der Waals surface area contributed by atoms with Crippen LogP contribution in [0.4, 0.5) is 0 Å². The Labute approximate surface area is 165 Å². The third-order valence-corrected chi connectivity index (χ3v) is 6.75. The number of nitrogens with zero attached hydrogens (tertiary/aromatic N) is 2. The third-order valence-electron chi connectivity index (χ3n) is 5.50. The number of benzene rings is 1. The van der Waals surface area contributed by atoms with Crippen LogP contribution in [0.25, 0.3) is 11.3 Å². The molecule has 0 atom stereocenters. The third kappa shape index (κ3) is 4.33. The summed E-state index contributed by atoms with van der Waals surface area (Å²) in [5, 5.41) is 3.26. The van der Waals surface area contributed by atoms with Crippen LogP contribution in [0.15, 0.2) is 29.6 Å². The van der Waals surface area contributed by atoms with Gasteiger partial charge in [-0.25, -0.2) is 4.98 Å². The van der Waals surface area contributed by atoms with Crippen molar-refractivity contribution in [2.24, 2.45) is 0 Å². The molecule has 138 valence electrons. The zero-order chi connectivity index (χ0) is 17.8. The predicted molar refractivity (Wildman–Crippen MR) is 112 cm³/mol. The highest BCUT2D eigenvalue weighted by Gasteiger charge is 2.17. The van der Waals surface area contributed by atoms with Gasteiger partial charge in [0.05, 0.1) is 35.3 Å². The molecule has 0 N–H and O–H groups in total. The predicted octanol–water partition coefficient (Wildman–Crippen LogP) is 5.06. The van der Waals surface area contributed by atoms with Gasteiger partial charge in [0, 0.05) is 24.0 Å². The first-order chi connectivity index (χ1) is 12.8. The molecule has 1 aliphatic carbocycles. The molecule has 0 spiro atoms. The minimum atomic E-state index is 0.759. The van der Waals surface area contributed by atoms with Crippen molar-refractivity contribution >= 4 is 28.5 Å². The van der Waals surface area contributed by atoms with Gasteiger partial charge in [-0.05, 0) is 24.3 Å². The smallest absolute Gasteiger partial charge is 0.1000 e. The summed E-state index contributed by atoms with van der Waals surface area (Å²) in [5.74, 6) is 0.759. The molecule has 0 amide bonds. The maximum Gasteiger partial charge on any atom is 0.1000 e. The van der Waals surface area contributed by atoms with Gasteiger partial charge in [0.25, 0.3) is 0 Å². The van der Waals surface area contributed by atoms with Crippen molar-refractivity contribution in [1.29, 1.82) is 0 Å². The van der Waals surface area contributed by atoms with Gasteiger partial charge in [0.1, 0.15) is 0 Å². The number of rotatable bonds is 4. The zero-order valence-electron chi connectivity index (χ0n) is 15.2. The summed E-state index contributed by atoms with van der Waals surface area (Å²) in [5.41, 5.74) is 3.78. The van der Waals surface area contributed by atoms with E-state index >= 15 is 0 Å². The topological polar surface area (TPSA) is 25.4 Å². The van der Waals surface area contributed by atoms with E-state index in [9.17, 15) is 0 Å². The molecule has 1 aromatic heterocycles. The number of ether oxygens (including phenoxy) is 1. The number of morpholine rings is 1. The first-order valence-corrected chi connectivity index (χ1v) is 11.0. The summed E-state index contributed by atoms with van der Waals surface area (Å²) in [6.07, 6.45) is 7.62. The maximum absolute atomic E-state index is 5.61. The number of aromatic nitrogens is 1. The molecular formula is C21H26N2OS2. The van der Waals surface area contributed by atoms with Gasteiger partial charge in [0.15, 0.2) is 0 Å². The molecule has 2 fully saturated rings.